The van der Waals surface area contributed by atoms with Crippen molar-refractivity contribution >= 4 is 0 Å². The van der Waals surface area contributed by atoms with Gasteiger partial charge in [0, 0.05) is 6.20 Å². The van der Waals surface area contributed by atoms with Gasteiger partial charge in [-0.3, -0.25) is 4.68 Å². The standard InChI is InChI=1S/C16H22N2O/c1-4-15(5-2)18-11-10-14(17-18)12-19-16-8-6-13(3)7-9-16/h6-11,15H,4-5,12H2,1-3H3. The van der Waals surface area contributed by atoms with Gasteiger partial charge in [-0.2, -0.15) is 5.10 Å². The Morgan fingerprint density at radius 1 is 1.11 bits per heavy atom. The molecule has 0 aliphatic carbocycles. The molecule has 0 spiro atoms. The van der Waals surface area contributed by atoms with Crippen molar-refractivity contribution in [3.63, 3.8) is 0 Å². The Balaban J connectivity index is 1.95. The van der Waals surface area contributed by atoms with E-state index in [-0.39, 0.29) is 0 Å². The zero-order valence-corrected chi connectivity index (χ0v) is 12.0. The van der Waals surface area contributed by atoms with Crippen molar-refractivity contribution in [2.24, 2.45) is 0 Å². The van der Waals surface area contributed by atoms with Crippen molar-refractivity contribution < 1.29 is 4.74 Å². The second-order valence-electron chi connectivity index (χ2n) is 4.86. The van der Waals surface area contributed by atoms with Gasteiger partial charge in [-0.15, -0.1) is 0 Å². The number of hydrogen-bond acceptors (Lipinski definition) is 2. The first kappa shape index (κ1) is 13.7. The Kier molecular flexibility index (Phi) is 4.61. The highest BCUT2D eigenvalue weighted by molar-refractivity contribution is 5.26. The summed E-state index contributed by atoms with van der Waals surface area (Å²) in [5, 5.41) is 4.58. The summed E-state index contributed by atoms with van der Waals surface area (Å²) >= 11 is 0. The van der Waals surface area contributed by atoms with E-state index in [1.165, 1.54) is 5.56 Å². The highest BCUT2D eigenvalue weighted by Crippen LogP contribution is 2.16. The van der Waals surface area contributed by atoms with Gasteiger partial charge in [0.05, 0.1) is 11.7 Å². The predicted molar refractivity (Wildman–Crippen MR) is 77.4 cm³/mol. The molecule has 0 N–H and O–H groups in total. The molecule has 1 heterocycles. The van der Waals surface area contributed by atoms with Crippen molar-refractivity contribution in [2.75, 3.05) is 0 Å². The van der Waals surface area contributed by atoms with E-state index in [2.05, 4.69) is 38.0 Å². The third kappa shape index (κ3) is 3.60. The SMILES string of the molecule is CCC(CC)n1ccc(COc2ccc(C)cc2)n1. The first-order valence-electron chi connectivity index (χ1n) is 6.96. The van der Waals surface area contributed by atoms with Crippen LogP contribution in [0.1, 0.15) is 44.0 Å². The highest BCUT2D eigenvalue weighted by atomic mass is 16.5. The number of ether oxygens (including phenoxy) is 1. The Hall–Kier alpha value is -1.77. The summed E-state index contributed by atoms with van der Waals surface area (Å²) in [6.45, 7) is 6.98. The van der Waals surface area contributed by atoms with Crippen molar-refractivity contribution in [1.82, 2.24) is 9.78 Å². The zero-order chi connectivity index (χ0) is 13.7. The Morgan fingerprint density at radius 3 is 2.42 bits per heavy atom. The van der Waals surface area contributed by atoms with Crippen LogP contribution in [0.2, 0.25) is 0 Å². The molecule has 102 valence electrons. The maximum atomic E-state index is 5.73. The molecule has 19 heavy (non-hydrogen) atoms. The molecule has 2 rings (SSSR count). The molecule has 1 aromatic carbocycles. The van der Waals surface area contributed by atoms with Gasteiger partial charge >= 0.3 is 0 Å². The zero-order valence-electron chi connectivity index (χ0n) is 12.0. The molecular weight excluding hydrogens is 236 g/mol. The molecule has 0 aliphatic heterocycles. The largest absolute Gasteiger partial charge is 0.487 e. The number of nitrogens with zero attached hydrogens (tertiary/aromatic N) is 2. The summed E-state index contributed by atoms with van der Waals surface area (Å²) in [6.07, 6.45) is 4.26. The van der Waals surface area contributed by atoms with Crippen LogP contribution in [0.5, 0.6) is 5.75 Å². The third-order valence-electron chi connectivity index (χ3n) is 3.39. The summed E-state index contributed by atoms with van der Waals surface area (Å²) in [5.74, 6) is 0.891. The highest BCUT2D eigenvalue weighted by Gasteiger charge is 2.08. The number of benzene rings is 1. The molecule has 0 radical (unpaired) electrons. The first-order chi connectivity index (χ1) is 9.22. The maximum absolute atomic E-state index is 5.73. The van der Waals surface area contributed by atoms with Gasteiger partial charge in [-0.1, -0.05) is 31.5 Å². The molecule has 2 aromatic rings. The summed E-state index contributed by atoms with van der Waals surface area (Å²) in [5.41, 5.74) is 2.22. The van der Waals surface area contributed by atoms with Crippen LogP contribution in [0.3, 0.4) is 0 Å². The smallest absolute Gasteiger partial charge is 0.132 e. The van der Waals surface area contributed by atoms with Crippen molar-refractivity contribution in [1.29, 1.82) is 0 Å². The molecular formula is C16H22N2O. The van der Waals surface area contributed by atoms with Crippen LogP contribution >= 0.6 is 0 Å². The second-order valence-corrected chi connectivity index (χ2v) is 4.86. The van der Waals surface area contributed by atoms with Crippen LogP contribution in [0.4, 0.5) is 0 Å². The molecule has 0 saturated carbocycles. The van der Waals surface area contributed by atoms with E-state index in [4.69, 9.17) is 4.74 Å². The maximum Gasteiger partial charge on any atom is 0.132 e. The van der Waals surface area contributed by atoms with Gasteiger partial charge in [-0.05, 0) is 38.0 Å². The van der Waals surface area contributed by atoms with Crippen LogP contribution in [-0.4, -0.2) is 9.78 Å². The lowest BCUT2D eigenvalue weighted by Gasteiger charge is -2.12. The third-order valence-corrected chi connectivity index (χ3v) is 3.39. The topological polar surface area (TPSA) is 27.1 Å². The fraction of sp³-hybridized carbons (Fsp3) is 0.438. The monoisotopic (exact) mass is 258 g/mol. The summed E-state index contributed by atoms with van der Waals surface area (Å²) < 4.78 is 7.78. The summed E-state index contributed by atoms with van der Waals surface area (Å²) in [4.78, 5) is 0. The van der Waals surface area contributed by atoms with Crippen molar-refractivity contribution in [2.45, 2.75) is 46.3 Å². The summed E-state index contributed by atoms with van der Waals surface area (Å²) in [6, 6.07) is 10.6. The van der Waals surface area contributed by atoms with Gasteiger partial charge in [0.25, 0.3) is 0 Å². The van der Waals surface area contributed by atoms with E-state index in [1.807, 2.05) is 29.1 Å². The van der Waals surface area contributed by atoms with E-state index >= 15 is 0 Å². The molecule has 1 aromatic heterocycles. The van der Waals surface area contributed by atoms with Crippen LogP contribution in [-0.2, 0) is 6.61 Å². The van der Waals surface area contributed by atoms with E-state index in [9.17, 15) is 0 Å². The van der Waals surface area contributed by atoms with Crippen LogP contribution in [0, 0.1) is 6.92 Å². The van der Waals surface area contributed by atoms with Crippen molar-refractivity contribution in [3.8, 4) is 5.75 Å². The van der Waals surface area contributed by atoms with Crippen LogP contribution < -0.4 is 4.74 Å². The van der Waals surface area contributed by atoms with E-state index in [0.717, 1.165) is 24.3 Å². The molecule has 0 fully saturated rings. The molecule has 3 nitrogen and oxygen atoms in total. The van der Waals surface area contributed by atoms with Gasteiger partial charge in [0.2, 0.25) is 0 Å². The lowest BCUT2D eigenvalue weighted by molar-refractivity contribution is 0.297. The van der Waals surface area contributed by atoms with E-state index < -0.39 is 0 Å². The average Bonchev–Trinajstić information content (AvgIpc) is 2.88. The second kappa shape index (κ2) is 6.41. The molecule has 0 saturated heterocycles. The van der Waals surface area contributed by atoms with Gasteiger partial charge in [0.1, 0.15) is 12.4 Å². The number of aromatic nitrogens is 2. The van der Waals surface area contributed by atoms with Gasteiger partial charge < -0.3 is 4.74 Å². The Bertz CT molecular complexity index is 498. The van der Waals surface area contributed by atoms with Gasteiger partial charge in [0.15, 0.2) is 0 Å². The van der Waals surface area contributed by atoms with Gasteiger partial charge in [-0.25, -0.2) is 0 Å². The van der Waals surface area contributed by atoms with Crippen molar-refractivity contribution in [3.05, 3.63) is 47.8 Å². The van der Waals surface area contributed by atoms with Crippen LogP contribution in [0.25, 0.3) is 0 Å². The van der Waals surface area contributed by atoms with Crippen LogP contribution in [0.15, 0.2) is 36.5 Å². The van der Waals surface area contributed by atoms with E-state index in [0.29, 0.717) is 12.6 Å². The quantitative estimate of drug-likeness (QED) is 0.779. The summed E-state index contributed by atoms with van der Waals surface area (Å²) in [7, 11) is 0. The molecule has 0 amide bonds. The normalized spacial score (nSPS) is 10.9. The minimum atomic E-state index is 0.494. The molecule has 0 unspecified atom stereocenters. The molecule has 3 heteroatoms. The predicted octanol–water partition coefficient (Wildman–Crippen LogP) is 4.13. The fourth-order valence-electron chi connectivity index (χ4n) is 2.11. The fourth-order valence-corrected chi connectivity index (χ4v) is 2.11. The number of aryl methyl sites for hydroxylation is 1. The van der Waals surface area contributed by atoms with E-state index in [1.54, 1.807) is 0 Å². The molecule has 0 aliphatic rings. The Morgan fingerprint density at radius 2 is 1.79 bits per heavy atom. The number of rotatable bonds is 6. The minimum Gasteiger partial charge on any atom is -0.487 e. The lowest BCUT2D eigenvalue weighted by Crippen LogP contribution is -2.08. The number of hydrogen-bond donors (Lipinski definition) is 0. The molecule has 0 bridgehead atoms. The minimum absolute atomic E-state index is 0.494. The first-order valence-corrected chi connectivity index (χ1v) is 6.96. The lowest BCUT2D eigenvalue weighted by atomic mass is 10.2. The average molecular weight is 258 g/mol. The Labute approximate surface area is 115 Å². The molecule has 0 atom stereocenters.